The van der Waals surface area contributed by atoms with Gasteiger partial charge in [0.2, 0.25) is 5.60 Å². The standard InChI is InChI=1S/C18H22NO3S2.BrH/c1-19-8-6-13(7-9-19)14(12-19)22-17(20)18(21,15-4-2-10-23-15)16-5-3-11-24-16;/h2-5,10-11,13-14,21H,6-9,12H2,1H3;1H/q+1;/p-1/t13?,14-,19?;/m0./s1. The summed E-state index contributed by atoms with van der Waals surface area (Å²) >= 11 is 2.77. The van der Waals surface area contributed by atoms with E-state index >= 15 is 0 Å². The molecule has 4 nitrogen and oxygen atoms in total. The number of piperidine rings is 3. The van der Waals surface area contributed by atoms with E-state index < -0.39 is 11.6 Å². The molecule has 0 amide bonds. The van der Waals surface area contributed by atoms with E-state index in [1.165, 1.54) is 35.8 Å². The number of nitrogens with zero attached hydrogens (tertiary/aromatic N) is 1. The number of hydrogen-bond acceptors (Lipinski definition) is 5. The highest BCUT2D eigenvalue weighted by Crippen LogP contribution is 2.39. The zero-order valence-electron chi connectivity index (χ0n) is 14.1. The van der Waals surface area contributed by atoms with Crippen LogP contribution in [0.3, 0.4) is 0 Å². The highest BCUT2D eigenvalue weighted by Gasteiger charge is 2.49. The van der Waals surface area contributed by atoms with Gasteiger partial charge in [0.05, 0.1) is 29.9 Å². The summed E-state index contributed by atoms with van der Waals surface area (Å²) < 4.78 is 6.89. The van der Waals surface area contributed by atoms with Crippen molar-refractivity contribution in [3.05, 3.63) is 44.8 Å². The Kier molecular flexibility index (Phi) is 5.42. The summed E-state index contributed by atoms with van der Waals surface area (Å²) in [5.74, 6) is -0.0948. The predicted octanol–water partition coefficient (Wildman–Crippen LogP) is -0.168. The zero-order valence-corrected chi connectivity index (χ0v) is 17.3. The van der Waals surface area contributed by atoms with Crippen LogP contribution in [0.15, 0.2) is 35.0 Å². The number of carbonyl (C=O) groups is 1. The first-order valence-electron chi connectivity index (χ1n) is 8.36. The second-order valence-corrected chi connectivity index (χ2v) is 9.09. The maximum Gasteiger partial charge on any atom is 0.349 e. The molecular weight excluding hydrogens is 422 g/mol. The van der Waals surface area contributed by atoms with Crippen LogP contribution in [-0.2, 0) is 15.1 Å². The largest absolute Gasteiger partial charge is 1.00 e. The molecule has 1 N–H and O–H groups in total. The van der Waals surface area contributed by atoms with Gasteiger partial charge in [-0.05, 0) is 22.9 Å². The van der Waals surface area contributed by atoms with E-state index in [4.69, 9.17) is 4.74 Å². The summed E-state index contributed by atoms with van der Waals surface area (Å²) in [6.07, 6.45) is 2.12. The molecule has 0 unspecified atom stereocenters. The van der Waals surface area contributed by atoms with E-state index in [9.17, 15) is 9.90 Å². The highest BCUT2D eigenvalue weighted by molar-refractivity contribution is 7.12. The molecule has 1 atom stereocenters. The number of aliphatic hydroxyl groups is 1. The SMILES string of the molecule is C[N+]12CCC(CC1)[C@@H](OC(=O)C(O)(c1cccs1)c1cccs1)C2.[Br-]. The van der Waals surface area contributed by atoms with Gasteiger partial charge in [0.25, 0.3) is 0 Å². The Morgan fingerprint density at radius 2 is 1.76 bits per heavy atom. The van der Waals surface area contributed by atoms with Crippen LogP contribution < -0.4 is 17.0 Å². The molecule has 0 spiro atoms. The summed E-state index contributed by atoms with van der Waals surface area (Å²) in [6, 6.07) is 7.31. The van der Waals surface area contributed by atoms with E-state index in [1.807, 2.05) is 22.9 Å². The Morgan fingerprint density at radius 3 is 2.20 bits per heavy atom. The van der Waals surface area contributed by atoms with Gasteiger partial charge in [-0.15, -0.1) is 22.7 Å². The first-order chi connectivity index (χ1) is 11.5. The molecule has 3 saturated heterocycles. The minimum Gasteiger partial charge on any atom is -1.00 e. The monoisotopic (exact) mass is 443 g/mol. The predicted molar refractivity (Wildman–Crippen MR) is 95.0 cm³/mol. The van der Waals surface area contributed by atoms with Crippen LogP contribution in [0.5, 0.6) is 0 Å². The molecule has 0 aromatic carbocycles. The molecule has 7 heteroatoms. The van der Waals surface area contributed by atoms with E-state index in [0.717, 1.165) is 23.9 Å². The Morgan fingerprint density at radius 1 is 1.20 bits per heavy atom. The van der Waals surface area contributed by atoms with Crippen molar-refractivity contribution in [2.75, 3.05) is 26.7 Å². The molecule has 136 valence electrons. The quantitative estimate of drug-likeness (QED) is 0.527. The van der Waals surface area contributed by atoms with Gasteiger partial charge in [-0.2, -0.15) is 0 Å². The number of fused-ring (bicyclic) bond motifs is 3. The van der Waals surface area contributed by atoms with Crippen molar-refractivity contribution in [3.63, 3.8) is 0 Å². The van der Waals surface area contributed by atoms with Crippen molar-refractivity contribution in [1.29, 1.82) is 0 Å². The smallest absolute Gasteiger partial charge is 0.349 e. The summed E-state index contributed by atoms with van der Waals surface area (Å²) in [6.45, 7) is 3.19. The minimum atomic E-state index is -1.69. The second-order valence-electron chi connectivity index (χ2n) is 7.20. The maximum absolute atomic E-state index is 13.0. The maximum atomic E-state index is 13.0. The first kappa shape index (κ1) is 19.0. The average molecular weight is 444 g/mol. The van der Waals surface area contributed by atoms with Crippen LogP contribution in [0.1, 0.15) is 22.6 Å². The Balaban J connectivity index is 0.00000182. The number of carbonyl (C=O) groups excluding carboxylic acids is 1. The molecule has 2 aromatic rings. The van der Waals surface area contributed by atoms with E-state index in [-0.39, 0.29) is 23.1 Å². The van der Waals surface area contributed by atoms with Crippen molar-refractivity contribution in [3.8, 4) is 0 Å². The van der Waals surface area contributed by atoms with E-state index in [1.54, 1.807) is 12.1 Å². The van der Waals surface area contributed by atoms with E-state index in [0.29, 0.717) is 15.7 Å². The van der Waals surface area contributed by atoms with Crippen LogP contribution >= 0.6 is 22.7 Å². The van der Waals surface area contributed by atoms with Gasteiger partial charge in [0.15, 0.2) is 6.10 Å². The summed E-state index contributed by atoms with van der Waals surface area (Å²) in [7, 11) is 2.24. The third-order valence-electron chi connectivity index (χ3n) is 5.54. The second kappa shape index (κ2) is 7.12. The van der Waals surface area contributed by atoms with Crippen molar-refractivity contribution < 1.29 is 36.1 Å². The van der Waals surface area contributed by atoms with Gasteiger partial charge in [0, 0.05) is 18.8 Å². The van der Waals surface area contributed by atoms with Gasteiger partial charge in [0.1, 0.15) is 6.54 Å². The molecule has 0 saturated carbocycles. The fraction of sp³-hybridized carbons (Fsp3) is 0.500. The lowest BCUT2D eigenvalue weighted by atomic mass is 9.83. The first-order valence-corrected chi connectivity index (χ1v) is 10.1. The lowest BCUT2D eigenvalue weighted by molar-refractivity contribution is -0.928. The van der Waals surface area contributed by atoms with Crippen LogP contribution in [0.4, 0.5) is 0 Å². The Bertz CT molecular complexity index is 675. The molecular formula is C18H22BrNO3S2. The Labute approximate surface area is 166 Å². The van der Waals surface area contributed by atoms with Crippen LogP contribution in [0, 0.1) is 5.92 Å². The number of likely N-dealkylation sites (N-methyl/N-ethyl adjacent to an activating group) is 1. The molecule has 5 heterocycles. The summed E-state index contributed by atoms with van der Waals surface area (Å²) in [5.41, 5.74) is -1.69. The van der Waals surface area contributed by atoms with Crippen molar-refractivity contribution >= 4 is 28.6 Å². The molecule has 2 aromatic heterocycles. The molecule has 0 aliphatic carbocycles. The van der Waals surface area contributed by atoms with Gasteiger partial charge in [-0.1, -0.05) is 12.1 Å². The van der Waals surface area contributed by atoms with Gasteiger partial charge < -0.3 is 31.3 Å². The van der Waals surface area contributed by atoms with Crippen molar-refractivity contribution in [2.24, 2.45) is 5.92 Å². The number of rotatable bonds is 4. The number of hydrogen-bond donors (Lipinski definition) is 1. The third-order valence-corrected chi connectivity index (χ3v) is 7.49. The van der Waals surface area contributed by atoms with Crippen molar-refractivity contribution in [1.82, 2.24) is 0 Å². The average Bonchev–Trinajstić information content (AvgIpc) is 3.28. The molecule has 3 fully saturated rings. The lowest BCUT2D eigenvalue weighted by Crippen LogP contribution is -3.00. The lowest BCUT2D eigenvalue weighted by Gasteiger charge is -2.50. The minimum absolute atomic E-state index is 0. The molecule has 0 radical (unpaired) electrons. The fourth-order valence-electron chi connectivity index (χ4n) is 4.00. The van der Waals surface area contributed by atoms with E-state index in [2.05, 4.69) is 7.05 Å². The highest BCUT2D eigenvalue weighted by atomic mass is 79.9. The zero-order chi connectivity index (χ0) is 16.8. The summed E-state index contributed by atoms with van der Waals surface area (Å²) in [4.78, 5) is 14.3. The molecule has 3 aliphatic rings. The number of ether oxygens (including phenoxy) is 1. The number of halogens is 1. The van der Waals surface area contributed by atoms with Gasteiger partial charge >= 0.3 is 5.97 Å². The number of thiophene rings is 2. The van der Waals surface area contributed by atoms with Gasteiger partial charge in [-0.25, -0.2) is 4.79 Å². The topological polar surface area (TPSA) is 46.5 Å². The van der Waals surface area contributed by atoms with Crippen LogP contribution in [0.25, 0.3) is 0 Å². The van der Waals surface area contributed by atoms with Gasteiger partial charge in [-0.3, -0.25) is 0 Å². The molecule has 3 aliphatic heterocycles. The third kappa shape index (κ3) is 3.32. The molecule has 25 heavy (non-hydrogen) atoms. The Hall–Kier alpha value is -0.730. The van der Waals surface area contributed by atoms with Crippen LogP contribution in [-0.4, -0.2) is 48.3 Å². The molecule has 5 rings (SSSR count). The fourth-order valence-corrected chi connectivity index (χ4v) is 5.71. The number of quaternary nitrogens is 1. The summed E-state index contributed by atoms with van der Waals surface area (Å²) in [5, 5.41) is 15.1. The number of esters is 1. The molecule has 2 bridgehead atoms. The van der Waals surface area contributed by atoms with Crippen molar-refractivity contribution in [2.45, 2.75) is 24.5 Å². The normalized spacial score (nSPS) is 28.4. The van der Waals surface area contributed by atoms with Crippen LogP contribution in [0.2, 0.25) is 0 Å².